The number of amides is 1. The van der Waals surface area contributed by atoms with Gasteiger partial charge in [-0.25, -0.2) is 0 Å². The van der Waals surface area contributed by atoms with Crippen LogP contribution in [0.4, 0.5) is 5.69 Å². The quantitative estimate of drug-likeness (QED) is 0.852. The molecule has 0 saturated heterocycles. The van der Waals surface area contributed by atoms with Crippen LogP contribution in [-0.2, 0) is 16.0 Å². The summed E-state index contributed by atoms with van der Waals surface area (Å²) in [5, 5.41) is 3.82. The molecule has 0 fully saturated rings. The van der Waals surface area contributed by atoms with Crippen molar-refractivity contribution < 1.29 is 14.1 Å². The van der Waals surface area contributed by atoms with E-state index in [1.165, 1.54) is 11.8 Å². The summed E-state index contributed by atoms with van der Waals surface area (Å²) in [5.74, 6) is 0.513. The van der Waals surface area contributed by atoms with Gasteiger partial charge in [0.1, 0.15) is 6.26 Å². The fourth-order valence-corrected chi connectivity index (χ4v) is 3.04. The Balaban J connectivity index is 1.80. The minimum absolute atomic E-state index is 0.0616. The molecule has 116 valence electrons. The van der Waals surface area contributed by atoms with E-state index < -0.39 is 0 Å². The number of carbonyl (C=O) groups excluding carboxylic acids is 1. The first-order chi connectivity index (χ1) is 10.8. The van der Waals surface area contributed by atoms with Crippen molar-refractivity contribution in [2.75, 3.05) is 25.2 Å². The number of aromatic nitrogens is 1. The smallest absolute Gasteiger partial charge is 0.233 e. The molecule has 2 aromatic rings. The lowest BCUT2D eigenvalue weighted by Gasteiger charge is -2.34. The predicted octanol–water partition coefficient (Wildman–Crippen LogP) is 2.77. The van der Waals surface area contributed by atoms with Crippen LogP contribution in [0.5, 0.6) is 0 Å². The zero-order chi connectivity index (χ0) is 15.4. The van der Waals surface area contributed by atoms with Gasteiger partial charge >= 0.3 is 0 Å². The van der Waals surface area contributed by atoms with Gasteiger partial charge in [-0.3, -0.25) is 4.79 Å². The SMILES string of the molecule is COCCC1CCN(C(=O)Cc2ccon2)c2ccccc21. The average molecular weight is 300 g/mol. The van der Waals surface area contributed by atoms with E-state index in [0.29, 0.717) is 11.6 Å². The molecule has 5 heteroatoms. The number of hydrogen-bond donors (Lipinski definition) is 0. The van der Waals surface area contributed by atoms with Crippen molar-refractivity contribution in [1.82, 2.24) is 5.16 Å². The van der Waals surface area contributed by atoms with E-state index in [1.807, 2.05) is 23.1 Å². The molecular weight excluding hydrogens is 280 g/mol. The van der Waals surface area contributed by atoms with Crippen LogP contribution in [0.3, 0.4) is 0 Å². The number of fused-ring (bicyclic) bond motifs is 1. The average Bonchev–Trinajstić information content (AvgIpc) is 3.05. The highest BCUT2D eigenvalue weighted by Crippen LogP contribution is 2.37. The number of methoxy groups -OCH3 is 1. The van der Waals surface area contributed by atoms with Crippen LogP contribution in [-0.4, -0.2) is 31.3 Å². The predicted molar refractivity (Wildman–Crippen MR) is 82.9 cm³/mol. The molecule has 0 aliphatic carbocycles. The molecule has 0 bridgehead atoms. The van der Waals surface area contributed by atoms with Gasteiger partial charge in [-0.05, 0) is 30.4 Å². The largest absolute Gasteiger partial charge is 0.385 e. The summed E-state index contributed by atoms with van der Waals surface area (Å²) in [6.07, 6.45) is 3.71. The van der Waals surface area contributed by atoms with Crippen molar-refractivity contribution >= 4 is 11.6 Å². The van der Waals surface area contributed by atoms with E-state index in [2.05, 4.69) is 11.2 Å². The van der Waals surface area contributed by atoms with Gasteiger partial charge in [-0.1, -0.05) is 23.4 Å². The van der Waals surface area contributed by atoms with Gasteiger partial charge in [0, 0.05) is 32.0 Å². The molecule has 0 saturated carbocycles. The highest BCUT2D eigenvalue weighted by molar-refractivity contribution is 5.95. The zero-order valence-corrected chi connectivity index (χ0v) is 12.7. The van der Waals surface area contributed by atoms with Crippen LogP contribution >= 0.6 is 0 Å². The molecule has 1 amide bonds. The van der Waals surface area contributed by atoms with E-state index >= 15 is 0 Å². The van der Waals surface area contributed by atoms with Crippen LogP contribution in [0.1, 0.15) is 30.0 Å². The van der Waals surface area contributed by atoms with E-state index in [0.717, 1.165) is 31.7 Å². The molecule has 1 unspecified atom stereocenters. The molecule has 2 heterocycles. The number of nitrogens with zero attached hydrogens (tertiary/aromatic N) is 2. The summed E-state index contributed by atoms with van der Waals surface area (Å²) >= 11 is 0. The summed E-state index contributed by atoms with van der Waals surface area (Å²) in [6.45, 7) is 1.48. The summed E-state index contributed by atoms with van der Waals surface area (Å²) in [5.41, 5.74) is 2.92. The standard InChI is InChI=1S/C17H20N2O3/c1-21-10-7-13-6-9-19(16-5-3-2-4-15(13)16)17(20)12-14-8-11-22-18-14/h2-5,8,11,13H,6-7,9-10,12H2,1H3. The number of benzene rings is 1. The summed E-state index contributed by atoms with van der Waals surface area (Å²) in [4.78, 5) is 14.4. The Morgan fingerprint density at radius 2 is 2.27 bits per heavy atom. The maximum atomic E-state index is 12.6. The summed E-state index contributed by atoms with van der Waals surface area (Å²) in [6, 6.07) is 9.88. The molecule has 0 spiro atoms. The fourth-order valence-electron chi connectivity index (χ4n) is 3.04. The van der Waals surface area contributed by atoms with Gasteiger partial charge < -0.3 is 14.2 Å². The lowest BCUT2D eigenvalue weighted by molar-refractivity contribution is -0.118. The van der Waals surface area contributed by atoms with Crippen LogP contribution in [0, 0.1) is 0 Å². The molecule has 1 aliphatic heterocycles. The van der Waals surface area contributed by atoms with Gasteiger partial charge in [-0.15, -0.1) is 0 Å². The lowest BCUT2D eigenvalue weighted by Crippen LogP contribution is -2.37. The topological polar surface area (TPSA) is 55.6 Å². The molecule has 5 nitrogen and oxygen atoms in total. The van der Waals surface area contributed by atoms with Gasteiger partial charge in [0.2, 0.25) is 5.91 Å². The number of hydrogen-bond acceptors (Lipinski definition) is 4. The van der Waals surface area contributed by atoms with Crippen LogP contribution in [0.15, 0.2) is 41.1 Å². The van der Waals surface area contributed by atoms with Gasteiger partial charge in [0.15, 0.2) is 0 Å². The molecular formula is C17H20N2O3. The van der Waals surface area contributed by atoms with Gasteiger partial charge in [0.05, 0.1) is 12.1 Å². The maximum Gasteiger partial charge on any atom is 0.233 e. The summed E-state index contributed by atoms with van der Waals surface area (Å²) in [7, 11) is 1.72. The number of ether oxygens (including phenoxy) is 1. The van der Waals surface area contributed by atoms with Crippen LogP contribution in [0.2, 0.25) is 0 Å². The van der Waals surface area contributed by atoms with Crippen LogP contribution < -0.4 is 4.90 Å². The third-order valence-corrected chi connectivity index (χ3v) is 4.16. The Morgan fingerprint density at radius 1 is 1.41 bits per heavy atom. The Labute approximate surface area is 129 Å². The van der Waals surface area contributed by atoms with E-state index in [-0.39, 0.29) is 12.3 Å². The Bertz CT molecular complexity index is 625. The van der Waals surface area contributed by atoms with Crippen molar-refractivity contribution in [3.8, 4) is 0 Å². The fraction of sp³-hybridized carbons (Fsp3) is 0.412. The molecule has 1 aromatic carbocycles. The van der Waals surface area contributed by atoms with E-state index in [4.69, 9.17) is 9.26 Å². The van der Waals surface area contributed by atoms with Crippen molar-refractivity contribution in [3.63, 3.8) is 0 Å². The second-order valence-corrected chi connectivity index (χ2v) is 5.54. The minimum Gasteiger partial charge on any atom is -0.385 e. The Morgan fingerprint density at radius 3 is 3.05 bits per heavy atom. The molecule has 0 radical (unpaired) electrons. The zero-order valence-electron chi connectivity index (χ0n) is 12.7. The third kappa shape index (κ3) is 3.04. The van der Waals surface area contributed by atoms with E-state index in [1.54, 1.807) is 13.2 Å². The second kappa shape index (κ2) is 6.75. The third-order valence-electron chi connectivity index (χ3n) is 4.16. The van der Waals surface area contributed by atoms with Crippen molar-refractivity contribution in [1.29, 1.82) is 0 Å². The monoisotopic (exact) mass is 300 g/mol. The number of para-hydroxylation sites is 1. The number of carbonyl (C=O) groups is 1. The van der Waals surface area contributed by atoms with Crippen molar-refractivity contribution in [2.24, 2.45) is 0 Å². The molecule has 1 aromatic heterocycles. The molecule has 22 heavy (non-hydrogen) atoms. The van der Waals surface area contributed by atoms with Crippen molar-refractivity contribution in [2.45, 2.75) is 25.2 Å². The normalized spacial score (nSPS) is 17.3. The molecule has 1 atom stereocenters. The molecule has 1 aliphatic rings. The highest BCUT2D eigenvalue weighted by atomic mass is 16.5. The lowest BCUT2D eigenvalue weighted by atomic mass is 9.87. The first kappa shape index (κ1) is 14.8. The Kier molecular flexibility index (Phi) is 4.53. The minimum atomic E-state index is 0.0616. The second-order valence-electron chi connectivity index (χ2n) is 5.54. The Hall–Kier alpha value is -2.14. The number of anilines is 1. The van der Waals surface area contributed by atoms with Gasteiger partial charge in [0.25, 0.3) is 0 Å². The summed E-state index contributed by atoms with van der Waals surface area (Å²) < 4.78 is 10.0. The first-order valence-electron chi connectivity index (χ1n) is 7.57. The number of rotatable bonds is 5. The van der Waals surface area contributed by atoms with Crippen LogP contribution in [0.25, 0.3) is 0 Å². The molecule has 0 N–H and O–H groups in total. The van der Waals surface area contributed by atoms with Crippen molar-refractivity contribution in [3.05, 3.63) is 47.9 Å². The first-order valence-corrected chi connectivity index (χ1v) is 7.57. The molecule has 3 rings (SSSR count). The highest BCUT2D eigenvalue weighted by Gasteiger charge is 2.28. The van der Waals surface area contributed by atoms with E-state index in [9.17, 15) is 4.79 Å². The van der Waals surface area contributed by atoms with Gasteiger partial charge in [-0.2, -0.15) is 0 Å². The maximum absolute atomic E-state index is 12.6.